The number of anilines is 1. The number of carbonyl (C=O) groups is 1. The summed E-state index contributed by atoms with van der Waals surface area (Å²) in [6.45, 7) is 0.558. The number of aromatic nitrogens is 3. The lowest BCUT2D eigenvalue weighted by atomic mass is 10.2. The molecule has 0 saturated carbocycles. The van der Waals surface area contributed by atoms with Crippen LogP contribution < -0.4 is 15.6 Å². The lowest BCUT2D eigenvalue weighted by Crippen LogP contribution is -2.32. The molecule has 2 heterocycles. The van der Waals surface area contributed by atoms with Crippen molar-refractivity contribution in [3.05, 3.63) is 52.8 Å². The maximum atomic E-state index is 13.1. The number of fused-ring (bicyclic) bond motifs is 1. The Morgan fingerprint density at radius 3 is 2.55 bits per heavy atom. The van der Waals surface area contributed by atoms with Gasteiger partial charge in [0.1, 0.15) is 17.8 Å². The molecule has 0 atom stereocenters. The number of hydrogen-bond acceptors (Lipinski definition) is 7. The molecule has 174 valence electrons. The molecule has 0 unspecified atom stereocenters. The number of benzene rings is 2. The maximum Gasteiger partial charge on any atom is 0.278 e. The highest BCUT2D eigenvalue weighted by Gasteiger charge is 2.26. The van der Waals surface area contributed by atoms with E-state index in [1.54, 1.807) is 24.3 Å². The molecule has 1 aliphatic heterocycles. The number of ether oxygens (including phenoxy) is 1. The average Bonchev–Trinajstić information content (AvgIpc) is 3.11. The third kappa shape index (κ3) is 4.88. The first kappa shape index (κ1) is 22.9. The molecule has 0 spiro atoms. The predicted molar refractivity (Wildman–Crippen MR) is 123 cm³/mol. The zero-order valence-corrected chi connectivity index (χ0v) is 19.0. The molecule has 1 amide bonds. The van der Waals surface area contributed by atoms with E-state index in [4.69, 9.17) is 4.74 Å². The van der Waals surface area contributed by atoms with Gasteiger partial charge in [0.2, 0.25) is 15.9 Å². The summed E-state index contributed by atoms with van der Waals surface area (Å²) < 4.78 is 34.0. The summed E-state index contributed by atoms with van der Waals surface area (Å²) in [7, 11) is -2.29. The highest BCUT2D eigenvalue weighted by atomic mass is 32.2. The van der Waals surface area contributed by atoms with Gasteiger partial charge in [-0.05, 0) is 43.2 Å². The average molecular weight is 472 g/mol. The normalized spacial score (nSPS) is 15.2. The van der Waals surface area contributed by atoms with Crippen molar-refractivity contribution in [2.75, 3.05) is 25.5 Å². The van der Waals surface area contributed by atoms with Crippen LogP contribution in [0.15, 0.2) is 52.2 Å². The van der Waals surface area contributed by atoms with E-state index in [-0.39, 0.29) is 17.1 Å². The van der Waals surface area contributed by atoms with E-state index < -0.39 is 21.5 Å². The van der Waals surface area contributed by atoms with Gasteiger partial charge in [-0.15, -0.1) is 5.10 Å². The molecular formula is C22H25N5O5S. The molecule has 1 aliphatic rings. The zero-order valence-electron chi connectivity index (χ0n) is 18.2. The summed E-state index contributed by atoms with van der Waals surface area (Å²) in [6.07, 6.45) is 3.65. The standard InChI is InChI=1S/C22H25N5O5S/c1-32-20-11-10-16(33(30,31)26-12-6-2-3-7-13-26)14-19(20)23-21(28)15-27-22(29)17-8-4-5-9-18(17)24-25-27/h4-5,8-11,14H,2-3,6-7,12-13,15H2,1H3,(H,23,28). The third-order valence-electron chi connectivity index (χ3n) is 5.57. The molecule has 0 bridgehead atoms. The van der Waals surface area contributed by atoms with Gasteiger partial charge in [0.25, 0.3) is 5.56 Å². The lowest BCUT2D eigenvalue weighted by molar-refractivity contribution is -0.117. The minimum absolute atomic E-state index is 0.0724. The van der Waals surface area contributed by atoms with Gasteiger partial charge in [-0.3, -0.25) is 9.59 Å². The highest BCUT2D eigenvalue weighted by molar-refractivity contribution is 7.89. The molecule has 33 heavy (non-hydrogen) atoms. The van der Waals surface area contributed by atoms with Crippen molar-refractivity contribution in [1.29, 1.82) is 0 Å². The molecule has 1 saturated heterocycles. The third-order valence-corrected chi connectivity index (χ3v) is 7.47. The maximum absolute atomic E-state index is 13.1. The van der Waals surface area contributed by atoms with Crippen LogP contribution in [-0.4, -0.2) is 53.8 Å². The monoisotopic (exact) mass is 471 g/mol. The van der Waals surface area contributed by atoms with Crippen LogP contribution >= 0.6 is 0 Å². The number of hydrogen-bond donors (Lipinski definition) is 1. The van der Waals surface area contributed by atoms with Crippen LogP contribution in [0.5, 0.6) is 5.75 Å². The summed E-state index contributed by atoms with van der Waals surface area (Å²) >= 11 is 0. The van der Waals surface area contributed by atoms with Gasteiger partial charge < -0.3 is 10.1 Å². The fraction of sp³-hybridized carbons (Fsp3) is 0.364. The van der Waals surface area contributed by atoms with Gasteiger partial charge >= 0.3 is 0 Å². The molecule has 3 aromatic rings. The first-order valence-electron chi connectivity index (χ1n) is 10.7. The largest absolute Gasteiger partial charge is 0.495 e. The van der Waals surface area contributed by atoms with Crippen LogP contribution in [-0.2, 0) is 21.4 Å². The number of sulfonamides is 1. The van der Waals surface area contributed by atoms with Crippen molar-refractivity contribution in [3.63, 3.8) is 0 Å². The molecule has 11 heteroatoms. The Labute approximate surface area is 191 Å². The SMILES string of the molecule is COc1ccc(S(=O)(=O)N2CCCCCC2)cc1NC(=O)Cn1nnc2ccccc2c1=O. The van der Waals surface area contributed by atoms with E-state index in [0.29, 0.717) is 29.7 Å². The number of carbonyl (C=O) groups excluding carboxylic acids is 1. The Kier molecular flexibility index (Phi) is 6.70. The van der Waals surface area contributed by atoms with E-state index in [9.17, 15) is 18.0 Å². The summed E-state index contributed by atoms with van der Waals surface area (Å²) in [5.41, 5.74) is 0.188. The Bertz CT molecular complexity index is 1330. The fourth-order valence-corrected chi connectivity index (χ4v) is 5.37. The predicted octanol–water partition coefficient (Wildman–Crippen LogP) is 2.00. The molecule has 0 radical (unpaired) electrons. The van der Waals surface area contributed by atoms with E-state index >= 15 is 0 Å². The molecule has 4 rings (SSSR count). The summed E-state index contributed by atoms with van der Waals surface area (Å²) in [5.74, 6) is -0.264. The molecular weight excluding hydrogens is 446 g/mol. The topological polar surface area (TPSA) is 123 Å². The first-order valence-corrected chi connectivity index (χ1v) is 12.1. The number of nitrogens with zero attached hydrogens (tertiary/aromatic N) is 4. The smallest absolute Gasteiger partial charge is 0.278 e. The molecule has 0 aliphatic carbocycles. The van der Waals surface area contributed by atoms with Crippen molar-refractivity contribution in [2.45, 2.75) is 37.1 Å². The van der Waals surface area contributed by atoms with E-state index in [1.165, 1.54) is 29.6 Å². The Hall–Kier alpha value is -3.31. The quantitative estimate of drug-likeness (QED) is 0.583. The second-order valence-corrected chi connectivity index (χ2v) is 9.74. The van der Waals surface area contributed by atoms with Gasteiger partial charge in [0.15, 0.2) is 0 Å². The van der Waals surface area contributed by atoms with Crippen LogP contribution in [0.1, 0.15) is 25.7 Å². The fourth-order valence-electron chi connectivity index (χ4n) is 3.83. The number of nitrogens with one attached hydrogen (secondary N) is 1. The summed E-state index contributed by atoms with van der Waals surface area (Å²) in [4.78, 5) is 25.4. The molecule has 10 nitrogen and oxygen atoms in total. The lowest BCUT2D eigenvalue weighted by Gasteiger charge is -2.21. The Morgan fingerprint density at radius 1 is 1.09 bits per heavy atom. The minimum atomic E-state index is -3.71. The van der Waals surface area contributed by atoms with Crippen molar-refractivity contribution in [3.8, 4) is 5.75 Å². The molecule has 1 aromatic heterocycles. The van der Waals surface area contributed by atoms with Crippen LogP contribution in [0.25, 0.3) is 10.9 Å². The summed E-state index contributed by atoms with van der Waals surface area (Å²) in [6, 6.07) is 11.1. The zero-order chi connectivity index (χ0) is 23.4. The number of rotatable bonds is 6. The van der Waals surface area contributed by atoms with Gasteiger partial charge in [0.05, 0.1) is 23.1 Å². The van der Waals surface area contributed by atoms with Gasteiger partial charge in [-0.1, -0.05) is 30.2 Å². The second kappa shape index (κ2) is 9.67. The van der Waals surface area contributed by atoms with Gasteiger partial charge in [-0.2, -0.15) is 4.31 Å². The van der Waals surface area contributed by atoms with Crippen molar-refractivity contribution >= 4 is 32.5 Å². The molecule has 1 N–H and O–H groups in total. The van der Waals surface area contributed by atoms with E-state index in [1.807, 2.05) is 0 Å². The van der Waals surface area contributed by atoms with Crippen LogP contribution in [0.2, 0.25) is 0 Å². The van der Waals surface area contributed by atoms with Crippen LogP contribution in [0.3, 0.4) is 0 Å². The van der Waals surface area contributed by atoms with Crippen LogP contribution in [0, 0.1) is 0 Å². The second-order valence-electron chi connectivity index (χ2n) is 7.80. The van der Waals surface area contributed by atoms with Crippen molar-refractivity contribution in [2.24, 2.45) is 0 Å². The number of amides is 1. The van der Waals surface area contributed by atoms with Crippen LogP contribution in [0.4, 0.5) is 5.69 Å². The minimum Gasteiger partial charge on any atom is -0.495 e. The van der Waals surface area contributed by atoms with Gasteiger partial charge in [-0.25, -0.2) is 13.1 Å². The highest BCUT2D eigenvalue weighted by Crippen LogP contribution is 2.29. The number of methoxy groups -OCH3 is 1. The van der Waals surface area contributed by atoms with E-state index in [0.717, 1.165) is 30.4 Å². The summed E-state index contributed by atoms with van der Waals surface area (Å²) in [5, 5.41) is 10.8. The van der Waals surface area contributed by atoms with Gasteiger partial charge in [0, 0.05) is 13.1 Å². The Morgan fingerprint density at radius 2 is 1.82 bits per heavy atom. The molecule has 1 fully saturated rings. The van der Waals surface area contributed by atoms with Crippen molar-refractivity contribution < 1.29 is 17.9 Å². The molecule has 2 aromatic carbocycles. The Balaban J connectivity index is 1.58. The van der Waals surface area contributed by atoms with E-state index in [2.05, 4.69) is 15.6 Å². The van der Waals surface area contributed by atoms with Crippen molar-refractivity contribution in [1.82, 2.24) is 19.3 Å². The first-order chi connectivity index (χ1) is 15.9.